The second-order valence-corrected chi connectivity index (χ2v) is 2.78. The Kier molecular flexibility index (Phi) is 3.23. The Morgan fingerprint density at radius 1 is 1.58 bits per heavy atom. The SMILES string of the molecule is CCc1cccnc1C(C)OC. The molecule has 66 valence electrons. The van der Waals surface area contributed by atoms with E-state index in [1.807, 2.05) is 19.2 Å². The van der Waals surface area contributed by atoms with Crippen molar-refractivity contribution in [3.63, 3.8) is 0 Å². The number of rotatable bonds is 3. The normalized spacial score (nSPS) is 12.9. The molecule has 0 amide bonds. The standard InChI is InChI=1S/C10H15NO/c1-4-9-6-5-7-11-10(9)8(2)12-3/h5-8H,4H2,1-3H3. The Morgan fingerprint density at radius 2 is 2.33 bits per heavy atom. The van der Waals surface area contributed by atoms with Gasteiger partial charge in [-0.25, -0.2) is 0 Å². The first-order valence-electron chi connectivity index (χ1n) is 4.26. The van der Waals surface area contributed by atoms with Crippen LogP contribution in [0.1, 0.15) is 31.2 Å². The van der Waals surface area contributed by atoms with Gasteiger partial charge in [0.05, 0.1) is 11.8 Å². The highest BCUT2D eigenvalue weighted by molar-refractivity contribution is 5.21. The van der Waals surface area contributed by atoms with Crippen molar-refractivity contribution in [3.8, 4) is 0 Å². The molecule has 0 N–H and O–H groups in total. The van der Waals surface area contributed by atoms with Crippen LogP contribution >= 0.6 is 0 Å². The molecular weight excluding hydrogens is 150 g/mol. The molecule has 1 unspecified atom stereocenters. The molecule has 0 spiro atoms. The minimum absolute atomic E-state index is 0.0983. The minimum Gasteiger partial charge on any atom is -0.375 e. The maximum atomic E-state index is 5.22. The lowest BCUT2D eigenvalue weighted by Crippen LogP contribution is -2.03. The summed E-state index contributed by atoms with van der Waals surface area (Å²) in [6.45, 7) is 4.14. The fourth-order valence-corrected chi connectivity index (χ4v) is 1.23. The van der Waals surface area contributed by atoms with Crippen molar-refractivity contribution in [1.82, 2.24) is 4.98 Å². The highest BCUT2D eigenvalue weighted by Gasteiger charge is 2.08. The second-order valence-electron chi connectivity index (χ2n) is 2.78. The third kappa shape index (κ3) is 1.83. The number of pyridine rings is 1. The van der Waals surface area contributed by atoms with Crippen molar-refractivity contribution in [1.29, 1.82) is 0 Å². The maximum absolute atomic E-state index is 5.22. The monoisotopic (exact) mass is 165 g/mol. The van der Waals surface area contributed by atoms with E-state index in [0.29, 0.717) is 0 Å². The van der Waals surface area contributed by atoms with E-state index in [4.69, 9.17) is 4.74 Å². The van der Waals surface area contributed by atoms with Gasteiger partial charge in [-0.2, -0.15) is 0 Å². The summed E-state index contributed by atoms with van der Waals surface area (Å²) in [7, 11) is 1.71. The molecule has 0 radical (unpaired) electrons. The molecule has 0 fully saturated rings. The minimum atomic E-state index is 0.0983. The molecule has 0 aliphatic rings. The largest absolute Gasteiger partial charge is 0.375 e. The van der Waals surface area contributed by atoms with Crippen molar-refractivity contribution in [2.75, 3.05) is 7.11 Å². The summed E-state index contributed by atoms with van der Waals surface area (Å²) < 4.78 is 5.22. The highest BCUT2D eigenvalue weighted by Crippen LogP contribution is 2.17. The molecule has 0 saturated heterocycles. The summed E-state index contributed by atoms with van der Waals surface area (Å²) in [5.41, 5.74) is 2.33. The summed E-state index contributed by atoms with van der Waals surface area (Å²) in [4.78, 5) is 4.30. The molecule has 1 aromatic heterocycles. The van der Waals surface area contributed by atoms with Gasteiger partial charge in [0.2, 0.25) is 0 Å². The second kappa shape index (κ2) is 4.21. The average molecular weight is 165 g/mol. The molecule has 2 nitrogen and oxygen atoms in total. The Hall–Kier alpha value is -0.890. The molecule has 0 bridgehead atoms. The van der Waals surface area contributed by atoms with Crippen molar-refractivity contribution in [3.05, 3.63) is 29.6 Å². The van der Waals surface area contributed by atoms with Crippen molar-refractivity contribution in [2.24, 2.45) is 0 Å². The summed E-state index contributed by atoms with van der Waals surface area (Å²) in [6.07, 6.45) is 2.92. The van der Waals surface area contributed by atoms with Crippen molar-refractivity contribution >= 4 is 0 Å². The van der Waals surface area contributed by atoms with Gasteiger partial charge < -0.3 is 4.74 Å². The third-order valence-electron chi connectivity index (χ3n) is 2.05. The predicted molar refractivity (Wildman–Crippen MR) is 49.0 cm³/mol. The Labute approximate surface area is 73.6 Å². The number of methoxy groups -OCH3 is 1. The van der Waals surface area contributed by atoms with Gasteiger partial charge in [-0.15, -0.1) is 0 Å². The van der Waals surface area contributed by atoms with Gasteiger partial charge in [-0.1, -0.05) is 13.0 Å². The number of aromatic nitrogens is 1. The first-order valence-corrected chi connectivity index (χ1v) is 4.26. The number of nitrogens with zero attached hydrogens (tertiary/aromatic N) is 1. The summed E-state index contributed by atoms with van der Waals surface area (Å²) >= 11 is 0. The van der Waals surface area contributed by atoms with Gasteiger partial charge in [0.1, 0.15) is 0 Å². The highest BCUT2D eigenvalue weighted by atomic mass is 16.5. The van der Waals surface area contributed by atoms with E-state index in [9.17, 15) is 0 Å². The van der Waals surface area contributed by atoms with Gasteiger partial charge in [0.15, 0.2) is 0 Å². The molecule has 0 aliphatic heterocycles. The van der Waals surface area contributed by atoms with E-state index >= 15 is 0 Å². The van der Waals surface area contributed by atoms with Crippen LogP contribution in [0.25, 0.3) is 0 Å². The van der Waals surface area contributed by atoms with E-state index in [1.54, 1.807) is 7.11 Å². The van der Waals surface area contributed by atoms with Gasteiger partial charge in [0.25, 0.3) is 0 Å². The van der Waals surface area contributed by atoms with E-state index in [2.05, 4.69) is 18.0 Å². The molecular formula is C10H15NO. The molecule has 0 aromatic carbocycles. The lowest BCUT2D eigenvalue weighted by atomic mass is 10.1. The average Bonchev–Trinajstić information content (AvgIpc) is 2.16. The lowest BCUT2D eigenvalue weighted by molar-refractivity contribution is 0.115. The van der Waals surface area contributed by atoms with E-state index in [-0.39, 0.29) is 6.10 Å². The molecule has 1 atom stereocenters. The smallest absolute Gasteiger partial charge is 0.0965 e. The Bertz CT molecular complexity index is 247. The molecule has 2 heteroatoms. The van der Waals surface area contributed by atoms with Crippen LogP contribution in [-0.4, -0.2) is 12.1 Å². The van der Waals surface area contributed by atoms with Crippen LogP contribution < -0.4 is 0 Å². The first kappa shape index (κ1) is 9.20. The zero-order valence-corrected chi connectivity index (χ0v) is 7.87. The fourth-order valence-electron chi connectivity index (χ4n) is 1.23. The number of ether oxygens (including phenoxy) is 1. The van der Waals surface area contributed by atoms with Crippen molar-refractivity contribution in [2.45, 2.75) is 26.4 Å². The zero-order chi connectivity index (χ0) is 8.97. The van der Waals surface area contributed by atoms with E-state index in [1.165, 1.54) is 5.56 Å². The van der Waals surface area contributed by atoms with Gasteiger partial charge >= 0.3 is 0 Å². The number of hydrogen-bond donors (Lipinski definition) is 0. The van der Waals surface area contributed by atoms with Crippen LogP contribution in [0.4, 0.5) is 0 Å². The molecule has 0 saturated carbocycles. The fraction of sp³-hybridized carbons (Fsp3) is 0.500. The zero-order valence-electron chi connectivity index (χ0n) is 7.87. The van der Waals surface area contributed by atoms with E-state index < -0.39 is 0 Å². The van der Waals surface area contributed by atoms with Gasteiger partial charge in [-0.05, 0) is 25.0 Å². The lowest BCUT2D eigenvalue weighted by Gasteiger charge is -2.12. The van der Waals surface area contributed by atoms with Crippen LogP contribution in [0.5, 0.6) is 0 Å². The summed E-state index contributed by atoms with van der Waals surface area (Å²) in [5.74, 6) is 0. The Balaban J connectivity index is 2.96. The van der Waals surface area contributed by atoms with Crippen LogP contribution in [0.3, 0.4) is 0 Å². The maximum Gasteiger partial charge on any atom is 0.0965 e. The van der Waals surface area contributed by atoms with Crippen LogP contribution in [0, 0.1) is 0 Å². The van der Waals surface area contributed by atoms with Gasteiger partial charge in [0, 0.05) is 13.3 Å². The number of hydrogen-bond acceptors (Lipinski definition) is 2. The molecule has 1 aromatic rings. The van der Waals surface area contributed by atoms with Crippen LogP contribution in [0.2, 0.25) is 0 Å². The van der Waals surface area contributed by atoms with Crippen LogP contribution in [0.15, 0.2) is 18.3 Å². The number of aryl methyl sites for hydroxylation is 1. The topological polar surface area (TPSA) is 22.1 Å². The molecule has 1 heterocycles. The van der Waals surface area contributed by atoms with Crippen LogP contribution in [-0.2, 0) is 11.2 Å². The Morgan fingerprint density at radius 3 is 2.92 bits per heavy atom. The quantitative estimate of drug-likeness (QED) is 0.686. The summed E-state index contributed by atoms with van der Waals surface area (Å²) in [5, 5.41) is 0. The molecule has 12 heavy (non-hydrogen) atoms. The van der Waals surface area contributed by atoms with E-state index in [0.717, 1.165) is 12.1 Å². The third-order valence-corrected chi connectivity index (χ3v) is 2.05. The van der Waals surface area contributed by atoms with Crippen molar-refractivity contribution < 1.29 is 4.74 Å². The first-order chi connectivity index (χ1) is 5.79. The molecule has 1 rings (SSSR count). The molecule has 0 aliphatic carbocycles. The predicted octanol–water partition coefficient (Wildman–Crippen LogP) is 2.35. The summed E-state index contributed by atoms with van der Waals surface area (Å²) in [6, 6.07) is 4.06. The van der Waals surface area contributed by atoms with Gasteiger partial charge in [-0.3, -0.25) is 4.98 Å².